The summed E-state index contributed by atoms with van der Waals surface area (Å²) in [7, 11) is 0. The quantitative estimate of drug-likeness (QED) is 0.657. The van der Waals surface area contributed by atoms with Gasteiger partial charge in [0.2, 0.25) is 5.76 Å². The van der Waals surface area contributed by atoms with Crippen molar-refractivity contribution in [2.45, 2.75) is 44.9 Å². The fourth-order valence-corrected chi connectivity index (χ4v) is 3.57. The van der Waals surface area contributed by atoms with E-state index in [1.807, 2.05) is 47.3 Å². The van der Waals surface area contributed by atoms with Gasteiger partial charge in [-0.25, -0.2) is 0 Å². The van der Waals surface area contributed by atoms with Gasteiger partial charge in [-0.05, 0) is 31.7 Å². The molecule has 1 fully saturated rings. The summed E-state index contributed by atoms with van der Waals surface area (Å²) < 4.78 is 7.13. The molecule has 2 heterocycles. The Bertz CT molecular complexity index is 926. The molecule has 0 saturated heterocycles. The van der Waals surface area contributed by atoms with Crippen LogP contribution in [0.25, 0.3) is 11.3 Å². The summed E-state index contributed by atoms with van der Waals surface area (Å²) in [6.07, 6.45) is 3.96. The minimum atomic E-state index is -0.384. The number of carbonyl (C=O) groups excluding carboxylic acids is 1. The molecule has 1 aliphatic carbocycles. The highest BCUT2D eigenvalue weighted by Gasteiger charge is 2.31. The third kappa shape index (κ3) is 4.31. The molecule has 1 aliphatic rings. The van der Waals surface area contributed by atoms with Crippen molar-refractivity contribution in [1.29, 1.82) is 0 Å². The van der Waals surface area contributed by atoms with Crippen molar-refractivity contribution >= 4 is 5.91 Å². The van der Waals surface area contributed by atoms with Crippen molar-refractivity contribution < 1.29 is 14.4 Å². The van der Waals surface area contributed by atoms with Gasteiger partial charge in [-0.1, -0.05) is 35.5 Å². The van der Waals surface area contributed by atoms with Crippen molar-refractivity contribution in [3.8, 4) is 11.3 Å². The summed E-state index contributed by atoms with van der Waals surface area (Å²) in [4.78, 5) is 12.4. The van der Waals surface area contributed by atoms with Gasteiger partial charge >= 0.3 is 0 Å². The molecule has 3 aromatic rings. The van der Waals surface area contributed by atoms with Crippen LogP contribution in [0.4, 0.5) is 0 Å². The lowest BCUT2D eigenvalue weighted by atomic mass is 9.80. The van der Waals surface area contributed by atoms with Crippen LogP contribution in [-0.4, -0.2) is 38.1 Å². The van der Waals surface area contributed by atoms with Crippen LogP contribution in [0.2, 0.25) is 0 Å². The molecule has 2 aromatic heterocycles. The zero-order chi connectivity index (χ0) is 19.5. The van der Waals surface area contributed by atoms with Gasteiger partial charge in [-0.3, -0.25) is 9.48 Å². The number of nitrogens with zero attached hydrogens (tertiary/aromatic N) is 3. The molecule has 28 heavy (non-hydrogen) atoms. The molecule has 7 heteroatoms. The highest BCUT2D eigenvalue weighted by Crippen LogP contribution is 2.29. The Kier molecular flexibility index (Phi) is 5.25. The normalized spacial score (nSPS) is 19.8. The van der Waals surface area contributed by atoms with Crippen LogP contribution in [0.1, 0.15) is 36.0 Å². The van der Waals surface area contributed by atoms with Gasteiger partial charge in [0.25, 0.3) is 5.91 Å². The molecule has 7 nitrogen and oxygen atoms in total. The first-order chi connectivity index (χ1) is 13.6. The average Bonchev–Trinajstić information content (AvgIpc) is 3.30. The number of amides is 1. The van der Waals surface area contributed by atoms with E-state index < -0.39 is 0 Å². The van der Waals surface area contributed by atoms with Gasteiger partial charge in [0.15, 0.2) is 0 Å². The van der Waals surface area contributed by atoms with Crippen LogP contribution < -0.4 is 5.32 Å². The fraction of sp³-hybridized carbons (Fsp3) is 0.381. The van der Waals surface area contributed by atoms with Crippen LogP contribution in [0.15, 0.2) is 53.2 Å². The van der Waals surface area contributed by atoms with Crippen molar-refractivity contribution in [3.05, 3.63) is 60.1 Å². The molecule has 0 spiro atoms. The SMILES string of the molecule is C[C@@H](O)Cc1ccn(CC2CC(NC(=O)c3cc(-c4ccccc4)no3)C2)n1. The first-order valence-corrected chi connectivity index (χ1v) is 9.60. The molecule has 4 rings (SSSR count). The van der Waals surface area contributed by atoms with Crippen molar-refractivity contribution in [2.24, 2.45) is 5.92 Å². The number of aromatic nitrogens is 3. The number of nitrogens with one attached hydrogen (secondary N) is 1. The molecular weight excluding hydrogens is 356 g/mol. The number of hydrogen-bond donors (Lipinski definition) is 2. The molecule has 0 radical (unpaired) electrons. The number of rotatable bonds is 7. The summed E-state index contributed by atoms with van der Waals surface area (Å²) in [6, 6.07) is 13.4. The molecule has 1 atom stereocenters. The van der Waals surface area contributed by atoms with Crippen LogP contribution >= 0.6 is 0 Å². The van der Waals surface area contributed by atoms with E-state index in [-0.39, 0.29) is 23.8 Å². The van der Waals surface area contributed by atoms with E-state index in [1.54, 1.807) is 13.0 Å². The van der Waals surface area contributed by atoms with Gasteiger partial charge in [0.1, 0.15) is 5.69 Å². The third-order valence-corrected chi connectivity index (χ3v) is 5.02. The molecule has 0 bridgehead atoms. The molecule has 0 aliphatic heterocycles. The van der Waals surface area contributed by atoms with Crippen LogP contribution in [0.5, 0.6) is 0 Å². The fourth-order valence-electron chi connectivity index (χ4n) is 3.57. The summed E-state index contributed by atoms with van der Waals surface area (Å²) in [5.41, 5.74) is 2.48. The lowest BCUT2D eigenvalue weighted by Crippen LogP contribution is -2.45. The second kappa shape index (κ2) is 7.98. The van der Waals surface area contributed by atoms with Crippen LogP contribution in [0, 0.1) is 5.92 Å². The van der Waals surface area contributed by atoms with Gasteiger partial charge in [0, 0.05) is 36.8 Å². The second-order valence-electron chi connectivity index (χ2n) is 7.53. The molecule has 2 N–H and O–H groups in total. The van der Waals surface area contributed by atoms with Crippen LogP contribution in [-0.2, 0) is 13.0 Å². The maximum absolute atomic E-state index is 12.4. The summed E-state index contributed by atoms with van der Waals surface area (Å²) in [6.45, 7) is 2.59. The van der Waals surface area contributed by atoms with E-state index in [2.05, 4.69) is 15.6 Å². The number of carbonyl (C=O) groups is 1. The molecule has 146 valence electrons. The zero-order valence-corrected chi connectivity index (χ0v) is 15.8. The minimum Gasteiger partial charge on any atom is -0.393 e. The van der Waals surface area contributed by atoms with E-state index in [0.717, 1.165) is 30.6 Å². The number of hydrogen-bond acceptors (Lipinski definition) is 5. The standard InChI is InChI=1S/C21H24N4O3/c1-14(26)9-17-7-8-25(23-17)13-15-10-18(11-15)22-21(27)20-12-19(24-28-20)16-5-3-2-4-6-16/h2-8,12,14-15,18,26H,9-11,13H2,1H3,(H,22,27)/t14-,15?,18?/m1/s1. The Balaban J connectivity index is 1.25. The maximum atomic E-state index is 12.4. The van der Waals surface area contributed by atoms with Crippen molar-refractivity contribution in [1.82, 2.24) is 20.3 Å². The van der Waals surface area contributed by atoms with E-state index in [4.69, 9.17) is 4.52 Å². The minimum absolute atomic E-state index is 0.148. The first-order valence-electron chi connectivity index (χ1n) is 9.60. The van der Waals surface area contributed by atoms with E-state index >= 15 is 0 Å². The topological polar surface area (TPSA) is 93.2 Å². The third-order valence-electron chi connectivity index (χ3n) is 5.02. The van der Waals surface area contributed by atoms with Gasteiger partial charge in [-0.2, -0.15) is 5.10 Å². The molecule has 1 saturated carbocycles. The van der Waals surface area contributed by atoms with Gasteiger partial charge < -0.3 is 14.9 Å². The van der Waals surface area contributed by atoms with Crippen LogP contribution in [0.3, 0.4) is 0 Å². The predicted molar refractivity (Wildman–Crippen MR) is 104 cm³/mol. The largest absolute Gasteiger partial charge is 0.393 e. The highest BCUT2D eigenvalue weighted by atomic mass is 16.5. The lowest BCUT2D eigenvalue weighted by Gasteiger charge is -2.35. The van der Waals surface area contributed by atoms with Gasteiger partial charge in [-0.15, -0.1) is 0 Å². The van der Waals surface area contributed by atoms with E-state index in [0.29, 0.717) is 18.0 Å². The maximum Gasteiger partial charge on any atom is 0.290 e. The zero-order valence-electron chi connectivity index (χ0n) is 15.8. The Hall–Kier alpha value is -2.93. The van der Waals surface area contributed by atoms with Crippen molar-refractivity contribution in [3.63, 3.8) is 0 Å². The molecule has 1 aromatic carbocycles. The average molecular weight is 380 g/mol. The monoisotopic (exact) mass is 380 g/mol. The first kappa shape index (κ1) is 18.4. The summed E-state index contributed by atoms with van der Waals surface area (Å²) in [5, 5.41) is 20.9. The summed E-state index contributed by atoms with van der Waals surface area (Å²) >= 11 is 0. The second-order valence-corrected chi connectivity index (χ2v) is 7.53. The van der Waals surface area contributed by atoms with Gasteiger partial charge in [0.05, 0.1) is 11.8 Å². The van der Waals surface area contributed by atoms with Crippen molar-refractivity contribution in [2.75, 3.05) is 0 Å². The Labute approximate surface area is 163 Å². The molecule has 1 amide bonds. The smallest absolute Gasteiger partial charge is 0.290 e. The Morgan fingerprint density at radius 3 is 2.86 bits per heavy atom. The molecular formula is C21H24N4O3. The molecule has 0 unspecified atom stereocenters. The van der Waals surface area contributed by atoms with E-state index in [1.165, 1.54) is 0 Å². The summed E-state index contributed by atoms with van der Waals surface area (Å²) in [5.74, 6) is 0.493. The number of aliphatic hydroxyl groups excluding tert-OH is 1. The Morgan fingerprint density at radius 2 is 2.11 bits per heavy atom. The van der Waals surface area contributed by atoms with E-state index in [9.17, 15) is 9.90 Å². The predicted octanol–water partition coefficient (Wildman–Crippen LogP) is 2.67. The number of aliphatic hydroxyl groups is 1. The Morgan fingerprint density at radius 1 is 1.32 bits per heavy atom. The highest BCUT2D eigenvalue weighted by molar-refractivity contribution is 5.92. The lowest BCUT2D eigenvalue weighted by molar-refractivity contribution is 0.0842. The number of benzene rings is 1.